The van der Waals surface area contributed by atoms with Gasteiger partial charge in [-0.25, -0.2) is 19.6 Å². The third kappa shape index (κ3) is 3.15. The van der Waals surface area contributed by atoms with Crippen molar-refractivity contribution >= 4 is 12.2 Å². The van der Waals surface area contributed by atoms with Crippen LogP contribution in [0.3, 0.4) is 0 Å². The monoisotopic (exact) mass is 189 g/mol. The minimum atomic E-state index is 0. The predicted molar refractivity (Wildman–Crippen MR) is 51.2 cm³/mol. The molecule has 0 heterocycles. The smallest absolute Gasteiger partial charge is 0.211 e. The van der Waals surface area contributed by atoms with Gasteiger partial charge in [0.1, 0.15) is 0 Å². The molecular weight excluding hydrogens is 180 g/mol. The molecule has 0 aliphatic rings. The van der Waals surface area contributed by atoms with E-state index in [0.29, 0.717) is 13.1 Å². The molecule has 0 radical (unpaired) electrons. The summed E-state index contributed by atoms with van der Waals surface area (Å²) in [5, 5.41) is 0. The van der Waals surface area contributed by atoms with Gasteiger partial charge < -0.3 is 0 Å². The largest absolute Gasteiger partial charge is 1.00 e. The van der Waals surface area contributed by atoms with E-state index in [-0.39, 0.29) is 1.43 Å². The predicted octanol–water partition coefficient (Wildman–Crippen LogP) is 1.47. The lowest BCUT2D eigenvalue weighted by Crippen LogP contribution is -1.85. The Bertz CT molecular complexity index is 372. The summed E-state index contributed by atoms with van der Waals surface area (Å²) >= 11 is 0. The van der Waals surface area contributed by atoms with Crippen LogP contribution in [-0.4, -0.2) is 12.2 Å². The fourth-order valence-electron chi connectivity index (χ4n) is 1.07. The van der Waals surface area contributed by atoms with Crippen molar-refractivity contribution in [2.24, 2.45) is 9.98 Å². The van der Waals surface area contributed by atoms with E-state index in [9.17, 15) is 9.59 Å². The standard InChI is InChI=1S/C10H8N2O2/c13-7-11-5-9-2-1-3-10(4-9)6-12-8-14/h1-4H,5-6H2/p+1. The molecule has 0 atom stereocenters. The normalized spacial score (nSPS) is 8.57. The van der Waals surface area contributed by atoms with Crippen LogP contribution >= 0.6 is 0 Å². The van der Waals surface area contributed by atoms with Gasteiger partial charge in [0, 0.05) is 0 Å². The van der Waals surface area contributed by atoms with E-state index >= 15 is 0 Å². The number of hydrogen-bond acceptors (Lipinski definition) is 4. The van der Waals surface area contributed by atoms with Gasteiger partial charge in [0.25, 0.3) is 0 Å². The number of nitrogens with zero attached hydrogens (tertiary/aromatic N) is 2. The second-order valence-corrected chi connectivity index (χ2v) is 2.63. The number of isocyanates is 2. The molecule has 0 saturated heterocycles. The Kier molecular flexibility index (Phi) is 4.02. The van der Waals surface area contributed by atoms with E-state index in [0.717, 1.165) is 11.1 Å². The van der Waals surface area contributed by atoms with Gasteiger partial charge >= 0.3 is 1.43 Å². The maximum atomic E-state index is 9.87. The maximum Gasteiger partial charge on any atom is 1.00 e. The molecule has 0 N–H and O–H groups in total. The third-order valence-electron chi connectivity index (χ3n) is 1.64. The van der Waals surface area contributed by atoms with Crippen LogP contribution in [-0.2, 0) is 22.7 Å². The summed E-state index contributed by atoms with van der Waals surface area (Å²) in [6, 6.07) is 7.34. The first-order chi connectivity index (χ1) is 6.86. The van der Waals surface area contributed by atoms with Gasteiger partial charge in [0.2, 0.25) is 12.2 Å². The van der Waals surface area contributed by atoms with Crippen LogP contribution in [0.4, 0.5) is 0 Å². The van der Waals surface area contributed by atoms with E-state index < -0.39 is 0 Å². The number of carbonyl (C=O) groups excluding carboxylic acids is 2. The van der Waals surface area contributed by atoms with E-state index in [1.807, 2.05) is 24.3 Å². The van der Waals surface area contributed by atoms with Crippen molar-refractivity contribution in [2.45, 2.75) is 13.1 Å². The summed E-state index contributed by atoms with van der Waals surface area (Å²) in [6.07, 6.45) is 2.94. The Balaban J connectivity index is 0.00000196. The zero-order valence-corrected chi connectivity index (χ0v) is 7.43. The van der Waals surface area contributed by atoms with E-state index in [1.165, 1.54) is 12.2 Å². The molecule has 1 aromatic rings. The summed E-state index contributed by atoms with van der Waals surface area (Å²) in [6.45, 7) is 0.615. The van der Waals surface area contributed by atoms with E-state index in [1.54, 1.807) is 0 Å². The Morgan fingerprint density at radius 1 is 1.07 bits per heavy atom. The van der Waals surface area contributed by atoms with Crippen LogP contribution in [0.1, 0.15) is 12.6 Å². The highest BCUT2D eigenvalue weighted by atomic mass is 16.1. The summed E-state index contributed by atoms with van der Waals surface area (Å²) in [7, 11) is 0. The average Bonchev–Trinajstić information content (AvgIpc) is 2.24. The number of hydrogen-bond donors (Lipinski definition) is 0. The van der Waals surface area contributed by atoms with Gasteiger partial charge in [-0.2, -0.15) is 0 Å². The maximum absolute atomic E-state index is 9.87. The lowest BCUT2D eigenvalue weighted by atomic mass is 10.1. The third-order valence-corrected chi connectivity index (χ3v) is 1.64. The first-order valence-corrected chi connectivity index (χ1v) is 4.02. The number of rotatable bonds is 4. The number of aliphatic imine (C=N–C) groups is 2. The molecule has 1 aromatic carbocycles. The lowest BCUT2D eigenvalue weighted by Gasteiger charge is -1.98. The van der Waals surface area contributed by atoms with Crippen molar-refractivity contribution in [1.82, 2.24) is 0 Å². The molecule has 0 bridgehead atoms. The molecule has 0 spiro atoms. The van der Waals surface area contributed by atoms with E-state index in [2.05, 4.69) is 9.98 Å². The van der Waals surface area contributed by atoms with Crippen molar-refractivity contribution in [3.8, 4) is 0 Å². The first kappa shape index (κ1) is 10.1. The van der Waals surface area contributed by atoms with Crippen molar-refractivity contribution in [3.63, 3.8) is 0 Å². The fraction of sp³-hybridized carbons (Fsp3) is 0.200. The molecule has 14 heavy (non-hydrogen) atoms. The molecule has 1 rings (SSSR count). The number of benzene rings is 1. The Morgan fingerprint density at radius 3 is 2.00 bits per heavy atom. The van der Waals surface area contributed by atoms with E-state index in [4.69, 9.17) is 0 Å². The van der Waals surface area contributed by atoms with Crippen LogP contribution in [0.25, 0.3) is 0 Å². The van der Waals surface area contributed by atoms with Gasteiger partial charge in [0.15, 0.2) is 0 Å². The van der Waals surface area contributed by atoms with Gasteiger partial charge in [-0.15, -0.1) is 0 Å². The van der Waals surface area contributed by atoms with Crippen molar-refractivity contribution < 1.29 is 11.0 Å². The zero-order valence-electron chi connectivity index (χ0n) is 8.43. The van der Waals surface area contributed by atoms with Crippen LogP contribution in [0, 0.1) is 0 Å². The first-order valence-electron chi connectivity index (χ1n) is 4.02. The highest BCUT2D eigenvalue weighted by Crippen LogP contribution is 2.07. The molecular formula is C10H9N2O2+. The molecule has 0 aliphatic heterocycles. The van der Waals surface area contributed by atoms with Gasteiger partial charge in [0.05, 0.1) is 13.1 Å². The van der Waals surface area contributed by atoms with Crippen LogP contribution in [0.2, 0.25) is 0 Å². The highest BCUT2D eigenvalue weighted by molar-refractivity contribution is 5.35. The summed E-state index contributed by atoms with van der Waals surface area (Å²) < 4.78 is 0. The van der Waals surface area contributed by atoms with Crippen LogP contribution in [0.5, 0.6) is 0 Å². The molecule has 0 amide bonds. The van der Waals surface area contributed by atoms with Gasteiger partial charge in [-0.3, -0.25) is 0 Å². The molecule has 0 aromatic heterocycles. The summed E-state index contributed by atoms with van der Waals surface area (Å²) in [5.74, 6) is 0. The summed E-state index contributed by atoms with van der Waals surface area (Å²) in [5.41, 5.74) is 1.79. The van der Waals surface area contributed by atoms with Crippen LogP contribution < -0.4 is 0 Å². The molecule has 4 heteroatoms. The average molecular weight is 189 g/mol. The van der Waals surface area contributed by atoms with Gasteiger partial charge in [-0.1, -0.05) is 24.3 Å². The summed E-state index contributed by atoms with van der Waals surface area (Å²) in [4.78, 5) is 26.6. The molecule has 0 fully saturated rings. The fourth-order valence-corrected chi connectivity index (χ4v) is 1.07. The molecule has 4 nitrogen and oxygen atoms in total. The molecule has 0 unspecified atom stereocenters. The quantitative estimate of drug-likeness (QED) is 0.532. The Labute approximate surface area is 82.5 Å². The lowest BCUT2D eigenvalue weighted by molar-refractivity contribution is 0.562. The Morgan fingerprint density at radius 2 is 1.57 bits per heavy atom. The zero-order chi connectivity index (χ0) is 10.2. The van der Waals surface area contributed by atoms with Crippen molar-refractivity contribution in [1.29, 1.82) is 0 Å². The SMILES string of the molecule is O=C=NCc1cccc(CN=C=O)c1.[H+]. The molecule has 0 aliphatic carbocycles. The van der Waals surface area contributed by atoms with Crippen molar-refractivity contribution in [2.75, 3.05) is 0 Å². The minimum absolute atomic E-state index is 0. The van der Waals surface area contributed by atoms with Crippen molar-refractivity contribution in [3.05, 3.63) is 35.4 Å². The van der Waals surface area contributed by atoms with Crippen LogP contribution in [0.15, 0.2) is 34.3 Å². The second-order valence-electron chi connectivity index (χ2n) is 2.63. The Hall–Kier alpha value is -2.02. The molecule has 70 valence electrons. The second kappa shape index (κ2) is 5.60. The molecule has 0 saturated carbocycles. The minimum Gasteiger partial charge on any atom is -0.211 e. The highest BCUT2D eigenvalue weighted by Gasteiger charge is 1.94. The van der Waals surface area contributed by atoms with Gasteiger partial charge in [-0.05, 0) is 11.1 Å². The topological polar surface area (TPSA) is 58.9 Å².